The van der Waals surface area contributed by atoms with Crippen LogP contribution in [0.25, 0.3) is 0 Å². The number of amides is 1. The van der Waals surface area contributed by atoms with E-state index in [4.69, 9.17) is 10.00 Å². The van der Waals surface area contributed by atoms with E-state index in [0.717, 1.165) is 6.42 Å². The maximum Gasteiger partial charge on any atom is 0.263 e. The van der Waals surface area contributed by atoms with Crippen molar-refractivity contribution < 1.29 is 14.3 Å². The second kappa shape index (κ2) is 9.71. The van der Waals surface area contributed by atoms with Gasteiger partial charge in [-0.25, -0.2) is 0 Å². The highest BCUT2D eigenvalue weighted by atomic mass is 16.5. The third kappa shape index (κ3) is 6.41. The van der Waals surface area contributed by atoms with Gasteiger partial charge in [-0.2, -0.15) is 5.26 Å². The highest BCUT2D eigenvalue weighted by Crippen LogP contribution is 2.16. The van der Waals surface area contributed by atoms with Crippen LogP contribution in [0.4, 0.5) is 0 Å². The maximum absolute atomic E-state index is 12.6. The predicted octanol–water partition coefficient (Wildman–Crippen LogP) is 3.44. The molecule has 0 aliphatic heterocycles. The van der Waals surface area contributed by atoms with Crippen molar-refractivity contribution in [3.05, 3.63) is 29.8 Å². The monoisotopic (exact) mass is 330 g/mol. The molecule has 1 aromatic carbocycles. The van der Waals surface area contributed by atoms with E-state index in [-0.39, 0.29) is 11.7 Å². The SMILES string of the molecule is CC(=O)c1cccc(OC(C)C(=O)N(CCC#N)CCC(C)C)c1. The van der Waals surface area contributed by atoms with Gasteiger partial charge < -0.3 is 9.64 Å². The Morgan fingerprint density at radius 1 is 1.25 bits per heavy atom. The molecular weight excluding hydrogens is 304 g/mol. The van der Waals surface area contributed by atoms with E-state index in [0.29, 0.717) is 36.7 Å². The van der Waals surface area contributed by atoms with Crippen LogP contribution in [0, 0.1) is 17.2 Å². The third-order valence-corrected chi connectivity index (χ3v) is 3.68. The molecule has 0 fully saturated rings. The molecule has 0 saturated carbocycles. The summed E-state index contributed by atoms with van der Waals surface area (Å²) < 4.78 is 5.71. The minimum atomic E-state index is -0.668. The van der Waals surface area contributed by atoms with Crippen molar-refractivity contribution >= 4 is 11.7 Å². The van der Waals surface area contributed by atoms with Crippen LogP contribution in [0.5, 0.6) is 5.75 Å². The van der Waals surface area contributed by atoms with Gasteiger partial charge in [0.15, 0.2) is 11.9 Å². The normalized spacial score (nSPS) is 11.7. The van der Waals surface area contributed by atoms with Crippen molar-refractivity contribution in [3.63, 3.8) is 0 Å². The zero-order valence-electron chi connectivity index (χ0n) is 14.9. The number of nitrogens with zero attached hydrogens (tertiary/aromatic N) is 2. The molecule has 1 aromatic rings. The van der Waals surface area contributed by atoms with Crippen LogP contribution in [0.2, 0.25) is 0 Å². The van der Waals surface area contributed by atoms with Crippen molar-refractivity contribution in [2.45, 2.75) is 46.6 Å². The fourth-order valence-electron chi connectivity index (χ4n) is 2.23. The number of ether oxygens (including phenoxy) is 1. The van der Waals surface area contributed by atoms with Crippen LogP contribution < -0.4 is 4.74 Å². The Morgan fingerprint density at radius 2 is 1.96 bits per heavy atom. The van der Waals surface area contributed by atoms with Gasteiger partial charge in [0.1, 0.15) is 5.75 Å². The first-order chi connectivity index (χ1) is 11.3. The molecule has 0 aliphatic carbocycles. The molecule has 1 atom stereocenters. The molecule has 0 N–H and O–H groups in total. The van der Waals surface area contributed by atoms with Gasteiger partial charge in [0, 0.05) is 18.7 Å². The van der Waals surface area contributed by atoms with Gasteiger partial charge in [-0.1, -0.05) is 26.0 Å². The Morgan fingerprint density at radius 3 is 2.54 bits per heavy atom. The van der Waals surface area contributed by atoms with Crippen LogP contribution in [0.15, 0.2) is 24.3 Å². The van der Waals surface area contributed by atoms with E-state index in [9.17, 15) is 9.59 Å². The zero-order chi connectivity index (χ0) is 18.1. The second-order valence-electron chi connectivity index (χ2n) is 6.26. The highest BCUT2D eigenvalue weighted by molar-refractivity contribution is 5.94. The number of hydrogen-bond donors (Lipinski definition) is 0. The summed E-state index contributed by atoms with van der Waals surface area (Å²) in [6.07, 6.45) is 0.512. The van der Waals surface area contributed by atoms with E-state index in [2.05, 4.69) is 19.9 Å². The average Bonchev–Trinajstić information content (AvgIpc) is 2.54. The van der Waals surface area contributed by atoms with Gasteiger partial charge in [0.25, 0.3) is 5.91 Å². The van der Waals surface area contributed by atoms with E-state index in [1.807, 2.05) is 0 Å². The molecule has 0 aliphatic rings. The van der Waals surface area contributed by atoms with E-state index < -0.39 is 6.10 Å². The minimum Gasteiger partial charge on any atom is -0.481 e. The van der Waals surface area contributed by atoms with Gasteiger partial charge in [0.2, 0.25) is 0 Å². The molecule has 1 rings (SSSR count). The molecule has 24 heavy (non-hydrogen) atoms. The van der Waals surface area contributed by atoms with Crippen molar-refractivity contribution in [1.82, 2.24) is 4.90 Å². The van der Waals surface area contributed by atoms with Crippen LogP contribution >= 0.6 is 0 Å². The van der Waals surface area contributed by atoms with Crippen molar-refractivity contribution in [2.24, 2.45) is 5.92 Å². The number of Topliss-reactive ketones (excluding diaryl/α,β-unsaturated/α-hetero) is 1. The third-order valence-electron chi connectivity index (χ3n) is 3.68. The first-order valence-electron chi connectivity index (χ1n) is 8.28. The van der Waals surface area contributed by atoms with Gasteiger partial charge >= 0.3 is 0 Å². The lowest BCUT2D eigenvalue weighted by atomic mass is 10.1. The zero-order valence-corrected chi connectivity index (χ0v) is 14.9. The summed E-state index contributed by atoms with van der Waals surface area (Å²) in [5.41, 5.74) is 0.549. The summed E-state index contributed by atoms with van der Waals surface area (Å²) in [6.45, 7) is 8.39. The Hall–Kier alpha value is -2.35. The first kappa shape index (κ1) is 19.7. The lowest BCUT2D eigenvalue weighted by molar-refractivity contribution is -0.138. The number of ketones is 1. The minimum absolute atomic E-state index is 0.0491. The Kier molecular flexibility index (Phi) is 7.97. The summed E-state index contributed by atoms with van der Waals surface area (Å²) in [5.74, 6) is 0.782. The van der Waals surface area contributed by atoms with Gasteiger partial charge in [-0.3, -0.25) is 9.59 Å². The van der Waals surface area contributed by atoms with Gasteiger partial charge in [-0.15, -0.1) is 0 Å². The van der Waals surface area contributed by atoms with E-state index in [1.165, 1.54) is 6.92 Å². The molecule has 130 valence electrons. The predicted molar refractivity (Wildman–Crippen MR) is 92.8 cm³/mol. The number of hydrogen-bond acceptors (Lipinski definition) is 4. The van der Waals surface area contributed by atoms with Crippen molar-refractivity contribution in [2.75, 3.05) is 13.1 Å². The van der Waals surface area contributed by atoms with Crippen molar-refractivity contribution in [3.8, 4) is 11.8 Å². The molecule has 5 heteroatoms. The van der Waals surface area contributed by atoms with E-state index >= 15 is 0 Å². The second-order valence-corrected chi connectivity index (χ2v) is 6.26. The summed E-state index contributed by atoms with van der Waals surface area (Å²) >= 11 is 0. The number of carbonyl (C=O) groups excluding carboxylic acids is 2. The smallest absolute Gasteiger partial charge is 0.263 e. The summed E-state index contributed by atoms with van der Waals surface area (Å²) in [7, 11) is 0. The maximum atomic E-state index is 12.6. The molecule has 0 saturated heterocycles. The fourth-order valence-corrected chi connectivity index (χ4v) is 2.23. The van der Waals surface area contributed by atoms with E-state index in [1.54, 1.807) is 36.1 Å². The molecule has 1 unspecified atom stereocenters. The van der Waals surface area contributed by atoms with Gasteiger partial charge in [0.05, 0.1) is 12.5 Å². The number of rotatable bonds is 9. The Balaban J connectivity index is 2.76. The molecule has 0 aromatic heterocycles. The van der Waals surface area contributed by atoms with Crippen LogP contribution in [-0.4, -0.2) is 35.8 Å². The standard InChI is InChI=1S/C19H26N2O3/c1-14(2)9-12-21(11-6-10-20)19(23)16(4)24-18-8-5-7-17(13-18)15(3)22/h5,7-8,13-14,16H,6,9,11-12H2,1-4H3. The topological polar surface area (TPSA) is 70.4 Å². The molecule has 1 amide bonds. The number of carbonyl (C=O) groups is 2. The van der Waals surface area contributed by atoms with Crippen LogP contribution in [0.3, 0.4) is 0 Å². The summed E-state index contributed by atoms with van der Waals surface area (Å²) in [5, 5.41) is 8.78. The van der Waals surface area contributed by atoms with Crippen molar-refractivity contribution in [1.29, 1.82) is 5.26 Å². The lowest BCUT2D eigenvalue weighted by Gasteiger charge is -2.26. The molecular formula is C19H26N2O3. The van der Waals surface area contributed by atoms with Crippen LogP contribution in [-0.2, 0) is 4.79 Å². The lowest BCUT2D eigenvalue weighted by Crippen LogP contribution is -2.41. The van der Waals surface area contributed by atoms with Gasteiger partial charge in [-0.05, 0) is 38.3 Å². The molecule has 0 spiro atoms. The Labute approximate surface area is 144 Å². The summed E-state index contributed by atoms with van der Waals surface area (Å²) in [6, 6.07) is 8.89. The quantitative estimate of drug-likeness (QED) is 0.650. The van der Waals surface area contributed by atoms with Crippen LogP contribution in [0.1, 0.15) is 50.9 Å². The molecule has 5 nitrogen and oxygen atoms in total. The summed E-state index contributed by atoms with van der Waals surface area (Å²) in [4.78, 5) is 25.7. The highest BCUT2D eigenvalue weighted by Gasteiger charge is 2.22. The molecule has 0 heterocycles. The first-order valence-corrected chi connectivity index (χ1v) is 8.28. The number of nitriles is 1. The fraction of sp³-hybridized carbons (Fsp3) is 0.526. The number of benzene rings is 1. The largest absolute Gasteiger partial charge is 0.481 e. The Bertz CT molecular complexity index is 605. The molecule has 0 radical (unpaired) electrons. The molecule has 0 bridgehead atoms. The average molecular weight is 330 g/mol.